The molecule has 8 heteroatoms. The van der Waals surface area contributed by atoms with E-state index in [2.05, 4.69) is 25.8 Å². The molecule has 0 aliphatic heterocycles. The Balaban J connectivity index is 1.96. The molecule has 5 nitrogen and oxygen atoms in total. The Morgan fingerprint density at radius 1 is 1.32 bits per heavy atom. The number of hydrogen-bond acceptors (Lipinski definition) is 3. The number of sulfonamides is 1. The quantitative estimate of drug-likeness (QED) is 0.885. The van der Waals surface area contributed by atoms with Crippen molar-refractivity contribution in [2.45, 2.75) is 11.4 Å². The molecule has 0 saturated carbocycles. The van der Waals surface area contributed by atoms with E-state index in [1.54, 1.807) is 23.0 Å². The van der Waals surface area contributed by atoms with Crippen molar-refractivity contribution in [3.63, 3.8) is 0 Å². The third-order valence-electron chi connectivity index (χ3n) is 2.36. The lowest BCUT2D eigenvalue weighted by Crippen LogP contribution is -2.27. The van der Waals surface area contributed by atoms with Gasteiger partial charge >= 0.3 is 0 Å². The van der Waals surface area contributed by atoms with Gasteiger partial charge < -0.3 is 0 Å². The van der Waals surface area contributed by atoms with Crippen molar-refractivity contribution in [3.8, 4) is 0 Å². The normalized spacial score (nSPS) is 11.7. The average Bonchev–Trinajstić information content (AvgIpc) is 2.75. The van der Waals surface area contributed by atoms with Crippen LogP contribution in [0.5, 0.6) is 0 Å². The van der Waals surface area contributed by atoms with Gasteiger partial charge in [-0.3, -0.25) is 4.68 Å². The van der Waals surface area contributed by atoms with Crippen LogP contribution in [0, 0.1) is 0 Å². The van der Waals surface area contributed by atoms with E-state index in [1.807, 2.05) is 0 Å². The van der Waals surface area contributed by atoms with Crippen LogP contribution in [0.15, 0.2) is 46.0 Å². The molecule has 0 amide bonds. The molecule has 0 atom stereocenters. The number of halogens is 2. The van der Waals surface area contributed by atoms with E-state index in [0.29, 0.717) is 11.6 Å². The summed E-state index contributed by atoms with van der Waals surface area (Å²) in [6, 6.07) is 6.44. The number of rotatable bonds is 5. The minimum absolute atomic E-state index is 0.231. The molecule has 0 fully saturated rings. The highest BCUT2D eigenvalue weighted by Gasteiger charge is 2.12. The van der Waals surface area contributed by atoms with E-state index in [-0.39, 0.29) is 11.4 Å². The first-order chi connectivity index (χ1) is 8.97. The largest absolute Gasteiger partial charge is 0.270 e. The van der Waals surface area contributed by atoms with Gasteiger partial charge in [-0.2, -0.15) is 5.10 Å². The Hall–Kier alpha value is -0.890. The van der Waals surface area contributed by atoms with E-state index in [4.69, 9.17) is 11.6 Å². The SMILES string of the molecule is O=S(=O)(NCCn1cc(Cl)cn1)c1ccc(Br)cc1. The summed E-state index contributed by atoms with van der Waals surface area (Å²) >= 11 is 8.97. The number of aromatic nitrogens is 2. The van der Waals surface area contributed by atoms with E-state index < -0.39 is 10.0 Å². The smallest absolute Gasteiger partial charge is 0.240 e. The maximum absolute atomic E-state index is 12.0. The maximum atomic E-state index is 12.0. The summed E-state index contributed by atoms with van der Waals surface area (Å²) in [6.07, 6.45) is 3.14. The maximum Gasteiger partial charge on any atom is 0.240 e. The first-order valence-electron chi connectivity index (χ1n) is 5.40. The first-order valence-corrected chi connectivity index (χ1v) is 8.06. The lowest BCUT2D eigenvalue weighted by Gasteiger charge is -2.06. The molecule has 19 heavy (non-hydrogen) atoms. The topological polar surface area (TPSA) is 64.0 Å². The molecule has 1 aromatic carbocycles. The Morgan fingerprint density at radius 3 is 2.58 bits per heavy atom. The Bertz CT molecular complexity index is 655. The lowest BCUT2D eigenvalue weighted by molar-refractivity contribution is 0.561. The number of nitrogens with one attached hydrogen (secondary N) is 1. The summed E-state index contributed by atoms with van der Waals surface area (Å²) in [4.78, 5) is 0.231. The second-order valence-electron chi connectivity index (χ2n) is 3.77. The summed E-state index contributed by atoms with van der Waals surface area (Å²) in [6.45, 7) is 0.666. The van der Waals surface area contributed by atoms with Crippen molar-refractivity contribution in [1.82, 2.24) is 14.5 Å². The highest BCUT2D eigenvalue weighted by Crippen LogP contribution is 2.14. The molecule has 102 valence electrons. The molecule has 2 aromatic rings. The highest BCUT2D eigenvalue weighted by atomic mass is 79.9. The fourth-order valence-electron chi connectivity index (χ4n) is 1.45. The van der Waals surface area contributed by atoms with Gasteiger partial charge in [-0.1, -0.05) is 27.5 Å². The number of nitrogens with zero attached hydrogens (tertiary/aromatic N) is 2. The Morgan fingerprint density at radius 2 is 2.00 bits per heavy atom. The Labute approximate surface area is 124 Å². The third kappa shape index (κ3) is 4.04. The molecule has 0 bridgehead atoms. The van der Waals surface area contributed by atoms with Crippen LogP contribution in [-0.4, -0.2) is 24.7 Å². The third-order valence-corrected chi connectivity index (χ3v) is 4.56. The van der Waals surface area contributed by atoms with E-state index in [1.165, 1.54) is 18.3 Å². The van der Waals surface area contributed by atoms with E-state index in [9.17, 15) is 8.42 Å². The van der Waals surface area contributed by atoms with E-state index in [0.717, 1.165) is 4.47 Å². The predicted octanol–water partition coefficient (Wildman–Crippen LogP) is 2.28. The van der Waals surface area contributed by atoms with Crippen LogP contribution in [-0.2, 0) is 16.6 Å². The molecule has 0 spiro atoms. The van der Waals surface area contributed by atoms with Gasteiger partial charge in [-0.15, -0.1) is 0 Å². The van der Waals surface area contributed by atoms with Crippen LogP contribution in [0.1, 0.15) is 0 Å². The van der Waals surface area contributed by atoms with Crippen molar-refractivity contribution in [1.29, 1.82) is 0 Å². The predicted molar refractivity (Wildman–Crippen MR) is 76.6 cm³/mol. The van der Waals surface area contributed by atoms with E-state index >= 15 is 0 Å². The molecule has 2 rings (SSSR count). The summed E-state index contributed by atoms with van der Waals surface area (Å²) in [7, 11) is -3.49. The van der Waals surface area contributed by atoms with Gasteiger partial charge in [0.1, 0.15) is 0 Å². The molecule has 0 aliphatic rings. The molecule has 0 radical (unpaired) electrons. The minimum atomic E-state index is -3.49. The highest BCUT2D eigenvalue weighted by molar-refractivity contribution is 9.10. The van der Waals surface area contributed by atoms with Gasteiger partial charge in [0, 0.05) is 17.2 Å². The second kappa shape index (κ2) is 6.04. The van der Waals surface area contributed by atoms with Gasteiger partial charge in [0.25, 0.3) is 0 Å². The van der Waals surface area contributed by atoms with Crippen molar-refractivity contribution in [2.75, 3.05) is 6.54 Å². The average molecular weight is 365 g/mol. The number of hydrogen-bond donors (Lipinski definition) is 1. The van der Waals surface area contributed by atoms with Crippen LogP contribution in [0.3, 0.4) is 0 Å². The molecule has 1 aromatic heterocycles. The summed E-state index contributed by atoms with van der Waals surface area (Å²) < 4.78 is 28.8. The lowest BCUT2D eigenvalue weighted by atomic mass is 10.4. The minimum Gasteiger partial charge on any atom is -0.270 e. The standard InChI is InChI=1S/C11H11BrClN3O2S/c12-9-1-3-11(4-2-9)19(17,18)15-5-6-16-8-10(13)7-14-16/h1-4,7-8,15H,5-6H2. The Kier molecular flexibility index (Phi) is 4.62. The molecular weight excluding hydrogens is 354 g/mol. The first kappa shape index (κ1) is 14.5. The van der Waals surface area contributed by atoms with Crippen LogP contribution in [0.4, 0.5) is 0 Å². The molecule has 1 heterocycles. The van der Waals surface area contributed by atoms with Crippen LogP contribution >= 0.6 is 27.5 Å². The van der Waals surface area contributed by atoms with Gasteiger partial charge in [0.2, 0.25) is 10.0 Å². The fourth-order valence-corrected chi connectivity index (χ4v) is 2.89. The van der Waals surface area contributed by atoms with Crippen LogP contribution in [0.25, 0.3) is 0 Å². The zero-order valence-electron chi connectivity index (χ0n) is 9.75. The van der Waals surface area contributed by atoms with Crippen molar-refractivity contribution in [3.05, 3.63) is 46.2 Å². The van der Waals surface area contributed by atoms with Crippen molar-refractivity contribution >= 4 is 37.6 Å². The van der Waals surface area contributed by atoms with Crippen LogP contribution < -0.4 is 4.72 Å². The molecular formula is C11H11BrClN3O2S. The number of benzene rings is 1. The summed E-state index contributed by atoms with van der Waals surface area (Å²) in [5, 5.41) is 4.49. The van der Waals surface area contributed by atoms with Crippen LogP contribution in [0.2, 0.25) is 5.02 Å². The second-order valence-corrected chi connectivity index (χ2v) is 6.89. The van der Waals surface area contributed by atoms with Gasteiger partial charge in [-0.25, -0.2) is 13.1 Å². The molecule has 0 aliphatic carbocycles. The summed E-state index contributed by atoms with van der Waals surface area (Å²) in [5.41, 5.74) is 0. The monoisotopic (exact) mass is 363 g/mol. The summed E-state index contributed by atoms with van der Waals surface area (Å²) in [5.74, 6) is 0. The molecule has 0 saturated heterocycles. The molecule has 1 N–H and O–H groups in total. The molecule has 0 unspecified atom stereocenters. The van der Waals surface area contributed by atoms with Crippen molar-refractivity contribution in [2.24, 2.45) is 0 Å². The van der Waals surface area contributed by atoms with Crippen molar-refractivity contribution < 1.29 is 8.42 Å². The zero-order valence-corrected chi connectivity index (χ0v) is 12.9. The fraction of sp³-hybridized carbons (Fsp3) is 0.182. The van der Waals surface area contributed by atoms with Gasteiger partial charge in [0.05, 0.1) is 22.7 Å². The zero-order chi connectivity index (χ0) is 13.9. The van der Waals surface area contributed by atoms with Gasteiger partial charge in [0.15, 0.2) is 0 Å². The van der Waals surface area contributed by atoms with Gasteiger partial charge in [-0.05, 0) is 24.3 Å².